The summed E-state index contributed by atoms with van der Waals surface area (Å²) in [6.07, 6.45) is 0. The van der Waals surface area contributed by atoms with Crippen molar-refractivity contribution in [3.05, 3.63) is 70.8 Å². The van der Waals surface area contributed by atoms with Crippen LogP contribution in [-0.2, 0) is 11.3 Å². The van der Waals surface area contributed by atoms with Crippen LogP contribution in [0.25, 0.3) is 0 Å². The van der Waals surface area contributed by atoms with Crippen LogP contribution in [0.3, 0.4) is 0 Å². The summed E-state index contributed by atoms with van der Waals surface area (Å²) in [5.74, 6) is 0.0519. The molecule has 5 heteroatoms. The Labute approximate surface area is 154 Å². The molecule has 1 aliphatic heterocycles. The van der Waals surface area contributed by atoms with Crippen molar-refractivity contribution in [3.8, 4) is 0 Å². The molecule has 0 saturated carbocycles. The van der Waals surface area contributed by atoms with Crippen LogP contribution < -0.4 is 0 Å². The maximum atomic E-state index is 12.7. The lowest BCUT2D eigenvalue weighted by Crippen LogP contribution is -2.50. The van der Waals surface area contributed by atoms with Crippen LogP contribution in [0.5, 0.6) is 0 Å². The van der Waals surface area contributed by atoms with E-state index in [-0.39, 0.29) is 11.8 Å². The number of ether oxygens (including phenoxy) is 1. The van der Waals surface area contributed by atoms with Gasteiger partial charge in [0, 0.05) is 44.4 Å². The highest BCUT2D eigenvalue weighted by Crippen LogP contribution is 2.15. The Hall–Kier alpha value is -2.66. The molecule has 0 spiro atoms. The van der Waals surface area contributed by atoms with Gasteiger partial charge in [-0.2, -0.15) is 0 Å². The van der Waals surface area contributed by atoms with E-state index in [1.807, 2.05) is 65.3 Å². The van der Waals surface area contributed by atoms with Gasteiger partial charge in [0.25, 0.3) is 11.8 Å². The molecule has 0 unspecified atom stereocenters. The largest absolute Gasteiger partial charge is 0.380 e. The highest BCUT2D eigenvalue weighted by Gasteiger charge is 2.26. The molecule has 0 bridgehead atoms. The lowest BCUT2D eigenvalue weighted by molar-refractivity contribution is 0.0535. The smallest absolute Gasteiger partial charge is 0.254 e. The summed E-state index contributed by atoms with van der Waals surface area (Å²) in [4.78, 5) is 29.0. The minimum absolute atomic E-state index is 0.0111. The fourth-order valence-electron chi connectivity index (χ4n) is 3.19. The quantitative estimate of drug-likeness (QED) is 0.850. The van der Waals surface area contributed by atoms with Crippen molar-refractivity contribution in [1.82, 2.24) is 9.80 Å². The van der Waals surface area contributed by atoms with Gasteiger partial charge in [0.05, 0.1) is 6.61 Å². The van der Waals surface area contributed by atoms with Crippen LogP contribution in [-0.4, -0.2) is 54.9 Å². The molecule has 1 heterocycles. The van der Waals surface area contributed by atoms with Gasteiger partial charge >= 0.3 is 0 Å². The van der Waals surface area contributed by atoms with Gasteiger partial charge in [-0.15, -0.1) is 0 Å². The third-order valence-electron chi connectivity index (χ3n) is 4.74. The number of hydrogen-bond donors (Lipinski definition) is 0. The first-order chi connectivity index (χ1) is 12.6. The van der Waals surface area contributed by atoms with Gasteiger partial charge in [0.15, 0.2) is 0 Å². The average Bonchev–Trinajstić information content (AvgIpc) is 2.68. The number of carbonyl (C=O) groups excluding carboxylic acids is 2. The Kier molecular flexibility index (Phi) is 5.68. The summed E-state index contributed by atoms with van der Waals surface area (Å²) in [6.45, 7) is 4.70. The third-order valence-corrected chi connectivity index (χ3v) is 4.74. The zero-order valence-electron chi connectivity index (χ0n) is 15.3. The lowest BCUT2D eigenvalue weighted by atomic mass is 10.1. The Balaban J connectivity index is 1.60. The molecule has 0 atom stereocenters. The van der Waals surface area contributed by atoms with E-state index in [1.54, 1.807) is 7.11 Å². The van der Waals surface area contributed by atoms with E-state index < -0.39 is 0 Å². The molecule has 136 valence electrons. The van der Waals surface area contributed by atoms with Crippen LogP contribution in [0.1, 0.15) is 31.8 Å². The van der Waals surface area contributed by atoms with Crippen molar-refractivity contribution < 1.29 is 14.3 Å². The molecule has 1 fully saturated rings. The maximum absolute atomic E-state index is 12.7. The van der Waals surface area contributed by atoms with E-state index in [0.717, 1.165) is 16.7 Å². The summed E-state index contributed by atoms with van der Waals surface area (Å²) >= 11 is 0. The van der Waals surface area contributed by atoms with E-state index in [0.29, 0.717) is 38.3 Å². The van der Waals surface area contributed by atoms with Gasteiger partial charge in [0.1, 0.15) is 0 Å². The lowest BCUT2D eigenvalue weighted by Gasteiger charge is -2.35. The van der Waals surface area contributed by atoms with Crippen LogP contribution in [0.2, 0.25) is 0 Å². The summed E-state index contributed by atoms with van der Waals surface area (Å²) in [5.41, 5.74) is 3.43. The number of amides is 2. The Morgan fingerprint density at radius 2 is 1.46 bits per heavy atom. The molecule has 1 aliphatic rings. The predicted octanol–water partition coefficient (Wildman–Crippen LogP) is 2.74. The standard InChI is InChI=1S/C21H24N2O3/c1-16-5-3-4-6-19(16)21(25)23-13-11-22(12-14-23)20(24)18-9-7-17(8-10-18)15-26-2/h3-10H,11-15H2,1-2H3. The van der Waals surface area contributed by atoms with Gasteiger partial charge in [-0.05, 0) is 36.2 Å². The van der Waals surface area contributed by atoms with Gasteiger partial charge in [-0.3, -0.25) is 9.59 Å². The van der Waals surface area contributed by atoms with Crippen molar-refractivity contribution in [2.45, 2.75) is 13.5 Å². The second-order valence-corrected chi connectivity index (χ2v) is 6.53. The molecule has 3 rings (SSSR count). The second-order valence-electron chi connectivity index (χ2n) is 6.53. The number of methoxy groups -OCH3 is 1. The van der Waals surface area contributed by atoms with Crippen molar-refractivity contribution >= 4 is 11.8 Å². The van der Waals surface area contributed by atoms with E-state index in [4.69, 9.17) is 4.74 Å². The Morgan fingerprint density at radius 1 is 0.885 bits per heavy atom. The third kappa shape index (κ3) is 3.94. The van der Waals surface area contributed by atoms with E-state index in [9.17, 15) is 9.59 Å². The van der Waals surface area contributed by atoms with Crippen molar-refractivity contribution in [3.63, 3.8) is 0 Å². The van der Waals surface area contributed by atoms with Gasteiger partial charge in [-0.25, -0.2) is 0 Å². The monoisotopic (exact) mass is 352 g/mol. The molecule has 5 nitrogen and oxygen atoms in total. The molecular weight excluding hydrogens is 328 g/mol. The van der Waals surface area contributed by atoms with E-state index >= 15 is 0 Å². The van der Waals surface area contributed by atoms with Crippen molar-refractivity contribution in [2.24, 2.45) is 0 Å². The molecule has 2 aromatic carbocycles. The Bertz CT molecular complexity index is 778. The maximum Gasteiger partial charge on any atom is 0.254 e. The molecule has 1 saturated heterocycles. The molecule has 0 N–H and O–H groups in total. The zero-order chi connectivity index (χ0) is 18.5. The highest BCUT2D eigenvalue weighted by atomic mass is 16.5. The first kappa shape index (κ1) is 18.1. The van der Waals surface area contributed by atoms with E-state index in [1.165, 1.54) is 0 Å². The van der Waals surface area contributed by atoms with Crippen LogP contribution in [0.4, 0.5) is 0 Å². The average molecular weight is 352 g/mol. The number of benzene rings is 2. The van der Waals surface area contributed by atoms with E-state index in [2.05, 4.69) is 0 Å². The SMILES string of the molecule is COCc1ccc(C(=O)N2CCN(C(=O)c3ccccc3C)CC2)cc1. The fourth-order valence-corrected chi connectivity index (χ4v) is 3.19. The number of piperazine rings is 1. The number of rotatable bonds is 4. The molecule has 0 radical (unpaired) electrons. The summed E-state index contributed by atoms with van der Waals surface area (Å²) in [6, 6.07) is 15.1. The zero-order valence-corrected chi connectivity index (χ0v) is 15.3. The summed E-state index contributed by atoms with van der Waals surface area (Å²) in [5, 5.41) is 0. The molecule has 2 aromatic rings. The van der Waals surface area contributed by atoms with Gasteiger partial charge in [0.2, 0.25) is 0 Å². The molecule has 0 aliphatic carbocycles. The normalized spacial score (nSPS) is 14.4. The van der Waals surface area contributed by atoms with Gasteiger partial charge < -0.3 is 14.5 Å². The van der Waals surface area contributed by atoms with Crippen LogP contribution in [0, 0.1) is 6.92 Å². The minimum atomic E-state index is 0.0111. The van der Waals surface area contributed by atoms with Crippen molar-refractivity contribution in [2.75, 3.05) is 33.3 Å². The minimum Gasteiger partial charge on any atom is -0.380 e. The predicted molar refractivity (Wildman–Crippen MR) is 100 cm³/mol. The molecule has 2 amide bonds. The first-order valence-corrected chi connectivity index (χ1v) is 8.82. The number of carbonyl (C=O) groups is 2. The number of aryl methyl sites for hydroxylation is 1. The molecule has 0 aromatic heterocycles. The van der Waals surface area contributed by atoms with Crippen LogP contribution in [0.15, 0.2) is 48.5 Å². The summed E-state index contributed by atoms with van der Waals surface area (Å²) in [7, 11) is 1.65. The van der Waals surface area contributed by atoms with Crippen LogP contribution >= 0.6 is 0 Å². The fraction of sp³-hybridized carbons (Fsp3) is 0.333. The topological polar surface area (TPSA) is 49.9 Å². The van der Waals surface area contributed by atoms with Crippen molar-refractivity contribution in [1.29, 1.82) is 0 Å². The Morgan fingerprint density at radius 3 is 2.04 bits per heavy atom. The highest BCUT2D eigenvalue weighted by molar-refractivity contribution is 5.96. The molecular formula is C21H24N2O3. The van der Waals surface area contributed by atoms with Gasteiger partial charge in [-0.1, -0.05) is 30.3 Å². The number of hydrogen-bond acceptors (Lipinski definition) is 3. The summed E-state index contributed by atoms with van der Waals surface area (Å²) < 4.78 is 5.09. The number of nitrogens with zero attached hydrogens (tertiary/aromatic N) is 2. The molecule has 26 heavy (non-hydrogen) atoms. The second kappa shape index (κ2) is 8.15. The first-order valence-electron chi connectivity index (χ1n) is 8.82.